The summed E-state index contributed by atoms with van der Waals surface area (Å²) in [6.45, 7) is 7.76. The molecule has 18 heavy (non-hydrogen) atoms. The molecule has 1 aliphatic carbocycles. The molecule has 1 aliphatic rings. The number of hydrogen-bond donors (Lipinski definition) is 3. The minimum absolute atomic E-state index is 0.0522. The van der Waals surface area contributed by atoms with Crippen LogP contribution in [0.3, 0.4) is 0 Å². The van der Waals surface area contributed by atoms with Gasteiger partial charge >= 0.3 is 0 Å². The van der Waals surface area contributed by atoms with Gasteiger partial charge in [0.15, 0.2) is 0 Å². The molecule has 3 unspecified atom stereocenters. The van der Waals surface area contributed by atoms with E-state index < -0.39 is 11.7 Å². The Hall–Kier alpha value is -0.380. The Bertz CT molecular complexity index is 267. The smallest absolute Gasteiger partial charge is 0.0751 e. The van der Waals surface area contributed by atoms with Crippen molar-refractivity contribution in [3.63, 3.8) is 0 Å². The van der Waals surface area contributed by atoms with Gasteiger partial charge in [0.05, 0.1) is 11.7 Å². The number of aliphatic hydroxyl groups is 3. The highest BCUT2D eigenvalue weighted by atomic mass is 16.3. The van der Waals surface area contributed by atoms with Crippen molar-refractivity contribution in [3.8, 4) is 0 Å². The summed E-state index contributed by atoms with van der Waals surface area (Å²) in [6, 6.07) is 0. The van der Waals surface area contributed by atoms with Crippen LogP contribution >= 0.6 is 0 Å². The quantitative estimate of drug-likeness (QED) is 0.664. The van der Waals surface area contributed by atoms with Crippen LogP contribution in [0.25, 0.3) is 0 Å². The van der Waals surface area contributed by atoms with Crippen LogP contribution in [0.2, 0.25) is 0 Å². The summed E-state index contributed by atoms with van der Waals surface area (Å²) in [6.07, 6.45) is 4.60. The van der Waals surface area contributed by atoms with Crippen LogP contribution in [-0.2, 0) is 0 Å². The largest absolute Gasteiger partial charge is 0.396 e. The van der Waals surface area contributed by atoms with E-state index in [0.29, 0.717) is 12.3 Å². The average molecular weight is 256 g/mol. The summed E-state index contributed by atoms with van der Waals surface area (Å²) >= 11 is 0. The van der Waals surface area contributed by atoms with Crippen LogP contribution in [0.4, 0.5) is 0 Å². The summed E-state index contributed by atoms with van der Waals surface area (Å²) in [7, 11) is 0. The molecule has 1 rings (SSSR count). The first-order valence-electron chi connectivity index (χ1n) is 7.03. The zero-order valence-electron chi connectivity index (χ0n) is 11.7. The minimum Gasteiger partial charge on any atom is -0.396 e. The van der Waals surface area contributed by atoms with Gasteiger partial charge in [-0.3, -0.25) is 0 Å². The molecule has 3 nitrogen and oxygen atoms in total. The fourth-order valence-corrected chi connectivity index (χ4v) is 2.74. The maximum Gasteiger partial charge on any atom is 0.0751 e. The first-order valence-corrected chi connectivity index (χ1v) is 7.03. The molecule has 0 aromatic carbocycles. The Labute approximate surface area is 111 Å². The third-order valence-electron chi connectivity index (χ3n) is 4.27. The Morgan fingerprint density at radius 3 is 2.50 bits per heavy atom. The third kappa shape index (κ3) is 4.71. The fraction of sp³-hybridized carbons (Fsp3) is 0.867. The van der Waals surface area contributed by atoms with Crippen molar-refractivity contribution in [1.82, 2.24) is 0 Å². The zero-order valence-corrected chi connectivity index (χ0v) is 11.7. The van der Waals surface area contributed by atoms with Crippen LogP contribution in [-0.4, -0.2) is 33.6 Å². The van der Waals surface area contributed by atoms with Crippen LogP contribution in [0.15, 0.2) is 12.2 Å². The van der Waals surface area contributed by atoms with Crippen molar-refractivity contribution < 1.29 is 15.3 Å². The molecular weight excluding hydrogens is 228 g/mol. The lowest BCUT2D eigenvalue weighted by Crippen LogP contribution is -2.35. The van der Waals surface area contributed by atoms with Crippen molar-refractivity contribution >= 4 is 0 Å². The minimum atomic E-state index is -0.791. The Kier molecular flexibility index (Phi) is 5.83. The van der Waals surface area contributed by atoms with E-state index in [2.05, 4.69) is 6.58 Å². The van der Waals surface area contributed by atoms with Gasteiger partial charge in [0.2, 0.25) is 0 Å². The number of hydrogen-bond acceptors (Lipinski definition) is 3. The summed E-state index contributed by atoms with van der Waals surface area (Å²) in [5, 5.41) is 29.6. The predicted octanol–water partition coefficient (Wildman–Crippen LogP) is 2.25. The standard InChI is InChI=1S/C15H28O3/c1-11-5-4-6-12(10-16)7-8-13(9-14(11)17)15(2,3)18/h12-14,16-18H,1,4-10H2,2-3H3. The highest BCUT2D eigenvalue weighted by Gasteiger charge is 2.30. The van der Waals surface area contributed by atoms with Crippen molar-refractivity contribution in [2.75, 3.05) is 6.61 Å². The van der Waals surface area contributed by atoms with Gasteiger partial charge in [0, 0.05) is 6.61 Å². The molecule has 0 aromatic heterocycles. The monoisotopic (exact) mass is 256 g/mol. The molecule has 0 saturated heterocycles. The normalized spacial score (nSPS) is 32.3. The Morgan fingerprint density at radius 1 is 1.28 bits per heavy atom. The first-order chi connectivity index (χ1) is 8.34. The molecule has 1 fully saturated rings. The lowest BCUT2D eigenvalue weighted by Gasteiger charge is -2.33. The van der Waals surface area contributed by atoms with Crippen molar-refractivity contribution in [2.24, 2.45) is 11.8 Å². The fourth-order valence-electron chi connectivity index (χ4n) is 2.74. The van der Waals surface area contributed by atoms with Crippen LogP contribution in [0.5, 0.6) is 0 Å². The van der Waals surface area contributed by atoms with E-state index in [-0.39, 0.29) is 12.5 Å². The van der Waals surface area contributed by atoms with Crippen molar-refractivity contribution in [3.05, 3.63) is 12.2 Å². The SMILES string of the molecule is C=C1CCCC(CO)CCC(C(C)(C)O)CC1O. The van der Waals surface area contributed by atoms with Gasteiger partial charge in [0.25, 0.3) is 0 Å². The summed E-state index contributed by atoms with van der Waals surface area (Å²) in [5.74, 6) is 0.370. The molecule has 0 spiro atoms. The first kappa shape index (κ1) is 15.7. The maximum absolute atomic E-state index is 10.2. The van der Waals surface area contributed by atoms with E-state index in [1.807, 2.05) is 0 Å². The van der Waals surface area contributed by atoms with Gasteiger partial charge in [0.1, 0.15) is 0 Å². The summed E-state index contributed by atoms with van der Waals surface area (Å²) in [4.78, 5) is 0. The van der Waals surface area contributed by atoms with Gasteiger partial charge in [-0.15, -0.1) is 0 Å². The molecule has 0 heterocycles. The van der Waals surface area contributed by atoms with E-state index in [9.17, 15) is 15.3 Å². The highest BCUT2D eigenvalue weighted by Crippen LogP contribution is 2.32. The van der Waals surface area contributed by atoms with E-state index in [0.717, 1.165) is 37.7 Å². The number of rotatable bonds is 2. The summed E-state index contributed by atoms with van der Waals surface area (Å²) in [5.41, 5.74) is 0.0725. The third-order valence-corrected chi connectivity index (χ3v) is 4.27. The second-order valence-electron chi connectivity index (χ2n) is 6.28. The van der Waals surface area contributed by atoms with E-state index >= 15 is 0 Å². The topological polar surface area (TPSA) is 60.7 Å². The van der Waals surface area contributed by atoms with Crippen molar-refractivity contribution in [1.29, 1.82) is 0 Å². The maximum atomic E-state index is 10.2. The van der Waals surface area contributed by atoms with Crippen molar-refractivity contribution in [2.45, 2.75) is 64.1 Å². The molecular formula is C15H28O3. The molecule has 0 amide bonds. The van der Waals surface area contributed by atoms with E-state index in [1.54, 1.807) is 13.8 Å². The van der Waals surface area contributed by atoms with E-state index in [4.69, 9.17) is 0 Å². The predicted molar refractivity (Wildman–Crippen MR) is 73.2 cm³/mol. The van der Waals surface area contributed by atoms with Gasteiger partial charge in [-0.2, -0.15) is 0 Å². The van der Waals surface area contributed by atoms with Gasteiger partial charge in [-0.05, 0) is 69.8 Å². The summed E-state index contributed by atoms with van der Waals surface area (Å²) < 4.78 is 0. The molecule has 3 heteroatoms. The second-order valence-corrected chi connectivity index (χ2v) is 6.28. The molecule has 0 aromatic rings. The molecule has 3 N–H and O–H groups in total. The van der Waals surface area contributed by atoms with Crippen LogP contribution in [0.1, 0.15) is 52.4 Å². The Morgan fingerprint density at radius 2 is 1.94 bits per heavy atom. The zero-order chi connectivity index (χ0) is 13.8. The molecule has 0 bridgehead atoms. The Balaban J connectivity index is 2.74. The van der Waals surface area contributed by atoms with Gasteiger partial charge < -0.3 is 15.3 Å². The lowest BCUT2D eigenvalue weighted by molar-refractivity contribution is -0.0112. The van der Waals surface area contributed by atoms with Gasteiger partial charge in [-0.25, -0.2) is 0 Å². The molecule has 1 saturated carbocycles. The number of aliphatic hydroxyl groups excluding tert-OH is 2. The van der Waals surface area contributed by atoms with Crippen LogP contribution in [0, 0.1) is 11.8 Å². The molecule has 0 radical (unpaired) electrons. The van der Waals surface area contributed by atoms with E-state index in [1.165, 1.54) is 0 Å². The van der Waals surface area contributed by atoms with Gasteiger partial charge in [-0.1, -0.05) is 6.58 Å². The lowest BCUT2D eigenvalue weighted by atomic mass is 9.78. The highest BCUT2D eigenvalue weighted by molar-refractivity contribution is 5.03. The second kappa shape index (κ2) is 6.69. The average Bonchev–Trinajstić information content (AvgIpc) is 2.29. The molecule has 3 atom stereocenters. The van der Waals surface area contributed by atoms with Crippen LogP contribution < -0.4 is 0 Å². The molecule has 0 aliphatic heterocycles. The molecule has 106 valence electrons.